The third kappa shape index (κ3) is 4.04. The first kappa shape index (κ1) is 15.5. The molecule has 0 saturated carbocycles. The molecule has 0 aliphatic heterocycles. The van der Waals surface area contributed by atoms with Crippen LogP contribution in [0, 0.1) is 0 Å². The highest BCUT2D eigenvalue weighted by Crippen LogP contribution is 2.26. The van der Waals surface area contributed by atoms with E-state index in [1.807, 2.05) is 6.07 Å². The van der Waals surface area contributed by atoms with E-state index in [4.69, 9.17) is 22.1 Å². The lowest BCUT2D eigenvalue weighted by molar-refractivity contribution is -0.139. The van der Waals surface area contributed by atoms with Gasteiger partial charge in [0.05, 0.1) is 6.42 Å². The Morgan fingerprint density at radius 2 is 1.76 bits per heavy atom. The third-order valence-corrected chi connectivity index (χ3v) is 3.38. The standard InChI is InChI=1S/C16H16ClNO3/c17-13-8-6-12(7-9-13)16(20,11-18)10-15(19)21-14-4-2-1-3-5-14/h1-9,20H,10-11,18H2. The van der Waals surface area contributed by atoms with E-state index in [2.05, 4.69) is 0 Å². The maximum atomic E-state index is 12.0. The summed E-state index contributed by atoms with van der Waals surface area (Å²) in [5.41, 5.74) is 4.68. The number of rotatable bonds is 5. The highest BCUT2D eigenvalue weighted by molar-refractivity contribution is 6.30. The molecule has 110 valence electrons. The molecule has 1 unspecified atom stereocenters. The van der Waals surface area contributed by atoms with Crippen LogP contribution in [0.15, 0.2) is 54.6 Å². The van der Waals surface area contributed by atoms with Crippen molar-refractivity contribution < 1.29 is 14.6 Å². The molecule has 2 aromatic carbocycles. The van der Waals surface area contributed by atoms with E-state index < -0.39 is 11.6 Å². The molecule has 21 heavy (non-hydrogen) atoms. The Bertz CT molecular complexity index is 601. The van der Waals surface area contributed by atoms with Gasteiger partial charge in [-0.05, 0) is 29.8 Å². The van der Waals surface area contributed by atoms with Crippen LogP contribution >= 0.6 is 11.6 Å². The number of benzene rings is 2. The molecule has 0 radical (unpaired) electrons. The third-order valence-electron chi connectivity index (χ3n) is 3.13. The summed E-state index contributed by atoms with van der Waals surface area (Å²) < 4.78 is 5.18. The van der Waals surface area contributed by atoms with Crippen molar-refractivity contribution in [3.63, 3.8) is 0 Å². The van der Waals surface area contributed by atoms with Crippen LogP contribution in [0.2, 0.25) is 5.02 Å². The van der Waals surface area contributed by atoms with Crippen molar-refractivity contribution in [2.24, 2.45) is 5.73 Å². The SMILES string of the molecule is NCC(O)(CC(=O)Oc1ccccc1)c1ccc(Cl)cc1. The topological polar surface area (TPSA) is 72.5 Å². The first-order valence-electron chi connectivity index (χ1n) is 6.48. The van der Waals surface area contributed by atoms with Gasteiger partial charge in [0.25, 0.3) is 0 Å². The molecule has 0 aromatic heterocycles. The van der Waals surface area contributed by atoms with Crippen LogP contribution in [0.5, 0.6) is 5.75 Å². The van der Waals surface area contributed by atoms with Gasteiger partial charge in [-0.1, -0.05) is 41.9 Å². The highest BCUT2D eigenvalue weighted by atomic mass is 35.5. The highest BCUT2D eigenvalue weighted by Gasteiger charge is 2.31. The molecule has 2 aromatic rings. The molecule has 0 saturated heterocycles. The number of halogens is 1. The van der Waals surface area contributed by atoms with Crippen LogP contribution in [0.1, 0.15) is 12.0 Å². The largest absolute Gasteiger partial charge is 0.426 e. The molecule has 0 aliphatic rings. The molecule has 0 aliphatic carbocycles. The van der Waals surface area contributed by atoms with E-state index >= 15 is 0 Å². The number of carbonyl (C=O) groups excluding carboxylic acids is 1. The van der Waals surface area contributed by atoms with Gasteiger partial charge in [0, 0.05) is 11.6 Å². The summed E-state index contributed by atoms with van der Waals surface area (Å²) >= 11 is 5.81. The van der Waals surface area contributed by atoms with Gasteiger partial charge < -0.3 is 15.6 Å². The van der Waals surface area contributed by atoms with Crippen molar-refractivity contribution in [3.8, 4) is 5.75 Å². The predicted octanol–water partition coefficient (Wildman–Crippen LogP) is 2.48. The maximum Gasteiger partial charge on any atom is 0.314 e. The molecule has 5 heteroatoms. The summed E-state index contributed by atoms with van der Waals surface area (Å²) in [4.78, 5) is 12.0. The Balaban J connectivity index is 2.10. The second-order valence-corrected chi connectivity index (χ2v) is 5.14. The molecule has 2 rings (SSSR count). The lowest BCUT2D eigenvalue weighted by Crippen LogP contribution is -2.38. The number of esters is 1. The van der Waals surface area contributed by atoms with Crippen LogP contribution in [0.3, 0.4) is 0 Å². The quantitative estimate of drug-likeness (QED) is 0.657. The van der Waals surface area contributed by atoms with E-state index in [0.29, 0.717) is 16.3 Å². The van der Waals surface area contributed by atoms with Gasteiger partial charge in [0.15, 0.2) is 0 Å². The maximum absolute atomic E-state index is 12.0. The molecule has 0 heterocycles. The van der Waals surface area contributed by atoms with Gasteiger partial charge in [-0.15, -0.1) is 0 Å². The molecule has 0 fully saturated rings. The number of para-hydroxylation sites is 1. The zero-order chi connectivity index (χ0) is 15.3. The fourth-order valence-electron chi connectivity index (χ4n) is 1.95. The van der Waals surface area contributed by atoms with Crippen LogP contribution in [-0.2, 0) is 10.4 Å². The lowest BCUT2D eigenvalue weighted by atomic mass is 9.90. The molecule has 4 nitrogen and oxygen atoms in total. The summed E-state index contributed by atoms with van der Waals surface area (Å²) in [7, 11) is 0. The van der Waals surface area contributed by atoms with Crippen LogP contribution in [-0.4, -0.2) is 17.6 Å². The minimum absolute atomic E-state index is 0.0987. The van der Waals surface area contributed by atoms with E-state index in [1.165, 1.54) is 0 Å². The Morgan fingerprint density at radius 1 is 1.14 bits per heavy atom. The average Bonchev–Trinajstić information content (AvgIpc) is 2.48. The second-order valence-electron chi connectivity index (χ2n) is 4.71. The number of hydrogen-bond acceptors (Lipinski definition) is 4. The number of aliphatic hydroxyl groups is 1. The van der Waals surface area contributed by atoms with E-state index in [0.717, 1.165) is 0 Å². The van der Waals surface area contributed by atoms with Crippen molar-refractivity contribution >= 4 is 17.6 Å². The van der Waals surface area contributed by atoms with Crippen LogP contribution < -0.4 is 10.5 Å². The Kier molecular flexibility index (Phi) is 4.96. The normalized spacial score (nSPS) is 13.5. The second kappa shape index (κ2) is 6.72. The molecule has 3 N–H and O–H groups in total. The summed E-state index contributed by atoms with van der Waals surface area (Å²) in [6, 6.07) is 15.2. The van der Waals surface area contributed by atoms with E-state index in [1.54, 1.807) is 48.5 Å². The zero-order valence-electron chi connectivity index (χ0n) is 11.3. The smallest absolute Gasteiger partial charge is 0.314 e. The van der Waals surface area contributed by atoms with Crippen molar-refractivity contribution in [1.82, 2.24) is 0 Å². The fourth-order valence-corrected chi connectivity index (χ4v) is 2.07. The van der Waals surface area contributed by atoms with Gasteiger partial charge in [0.2, 0.25) is 0 Å². The average molecular weight is 306 g/mol. The summed E-state index contributed by atoms with van der Waals surface area (Å²) in [6.07, 6.45) is -0.236. The van der Waals surface area contributed by atoms with Crippen molar-refractivity contribution in [1.29, 1.82) is 0 Å². The summed E-state index contributed by atoms with van der Waals surface area (Å²) in [5, 5.41) is 11.1. The lowest BCUT2D eigenvalue weighted by Gasteiger charge is -2.26. The number of hydrogen-bond donors (Lipinski definition) is 2. The summed E-state index contributed by atoms with van der Waals surface area (Å²) in [5.74, 6) is -0.123. The molecular formula is C16H16ClNO3. The molecule has 0 amide bonds. The Morgan fingerprint density at radius 3 is 2.33 bits per heavy atom. The number of carbonyl (C=O) groups is 1. The van der Waals surface area contributed by atoms with Crippen LogP contribution in [0.4, 0.5) is 0 Å². The van der Waals surface area contributed by atoms with Gasteiger partial charge in [-0.25, -0.2) is 0 Å². The molecular weight excluding hydrogens is 290 g/mol. The Hall–Kier alpha value is -1.88. The van der Waals surface area contributed by atoms with Gasteiger partial charge >= 0.3 is 5.97 Å². The minimum atomic E-state index is -1.48. The zero-order valence-corrected chi connectivity index (χ0v) is 12.1. The monoisotopic (exact) mass is 305 g/mol. The van der Waals surface area contributed by atoms with Gasteiger partial charge in [0.1, 0.15) is 11.4 Å². The molecule has 0 bridgehead atoms. The first-order chi connectivity index (χ1) is 10.0. The number of ether oxygens (including phenoxy) is 1. The molecule has 0 spiro atoms. The fraction of sp³-hybridized carbons (Fsp3) is 0.188. The van der Waals surface area contributed by atoms with Crippen molar-refractivity contribution in [2.75, 3.05) is 6.54 Å². The Labute approximate surface area is 128 Å². The predicted molar refractivity (Wildman–Crippen MR) is 81.1 cm³/mol. The summed E-state index contributed by atoms with van der Waals surface area (Å²) in [6.45, 7) is -0.0987. The first-order valence-corrected chi connectivity index (χ1v) is 6.85. The minimum Gasteiger partial charge on any atom is -0.426 e. The van der Waals surface area contributed by atoms with Crippen molar-refractivity contribution in [3.05, 3.63) is 65.2 Å². The van der Waals surface area contributed by atoms with E-state index in [9.17, 15) is 9.90 Å². The number of nitrogens with two attached hydrogens (primary N) is 1. The van der Waals surface area contributed by atoms with Crippen LogP contribution in [0.25, 0.3) is 0 Å². The molecule has 1 atom stereocenters. The van der Waals surface area contributed by atoms with Crippen molar-refractivity contribution in [2.45, 2.75) is 12.0 Å². The van der Waals surface area contributed by atoms with Gasteiger partial charge in [-0.3, -0.25) is 4.79 Å². The van der Waals surface area contributed by atoms with E-state index in [-0.39, 0.29) is 13.0 Å². The van der Waals surface area contributed by atoms with Gasteiger partial charge in [-0.2, -0.15) is 0 Å².